The number of urea groups is 1. The van der Waals surface area contributed by atoms with Gasteiger partial charge in [0.05, 0.1) is 0 Å². The molecule has 6 nitrogen and oxygen atoms in total. The Bertz CT molecular complexity index is 704. The fraction of sp³-hybridized carbons (Fsp3) is 0.526. The van der Waals surface area contributed by atoms with Gasteiger partial charge in [-0.05, 0) is 51.2 Å². The van der Waals surface area contributed by atoms with Crippen molar-refractivity contribution < 1.29 is 14.4 Å². The molecule has 4 amide bonds. The van der Waals surface area contributed by atoms with Crippen LogP contribution in [0.2, 0.25) is 0 Å². The number of amides is 4. The molecule has 1 atom stereocenters. The molecule has 0 aromatic heterocycles. The van der Waals surface area contributed by atoms with Gasteiger partial charge in [0.1, 0.15) is 12.1 Å². The van der Waals surface area contributed by atoms with Crippen molar-refractivity contribution in [1.29, 1.82) is 0 Å². The summed E-state index contributed by atoms with van der Waals surface area (Å²) in [5.41, 5.74) is 2.81. The maximum atomic E-state index is 12.6. The van der Waals surface area contributed by atoms with Crippen molar-refractivity contribution in [3.63, 3.8) is 0 Å². The zero-order chi connectivity index (χ0) is 18.9. The van der Waals surface area contributed by atoms with Gasteiger partial charge >= 0.3 is 6.03 Å². The molecule has 1 aromatic carbocycles. The average Bonchev–Trinajstić information content (AvgIpc) is 2.65. The fourth-order valence-electron chi connectivity index (χ4n) is 3.55. The first kappa shape index (κ1) is 19.0. The second-order valence-electron chi connectivity index (χ2n) is 7.57. The molecule has 1 saturated heterocycles. The molecule has 2 N–H and O–H groups in total. The molecule has 1 aromatic rings. The van der Waals surface area contributed by atoms with E-state index in [1.165, 1.54) is 0 Å². The van der Waals surface area contributed by atoms with E-state index in [-0.39, 0.29) is 24.3 Å². The molecule has 0 saturated carbocycles. The van der Waals surface area contributed by atoms with Crippen LogP contribution in [-0.4, -0.2) is 34.8 Å². The fourth-order valence-corrected chi connectivity index (χ4v) is 3.55. The lowest BCUT2D eigenvalue weighted by molar-refractivity contribution is -0.133. The summed E-state index contributed by atoms with van der Waals surface area (Å²) < 4.78 is 0. The van der Waals surface area contributed by atoms with E-state index in [4.69, 9.17) is 0 Å². The Balaban J connectivity index is 2.11. The number of carbonyl (C=O) groups is 3. The van der Waals surface area contributed by atoms with Crippen LogP contribution in [-0.2, 0) is 9.59 Å². The highest BCUT2D eigenvalue weighted by Crippen LogP contribution is 2.25. The van der Waals surface area contributed by atoms with Gasteiger partial charge in [0, 0.05) is 5.69 Å². The van der Waals surface area contributed by atoms with Crippen molar-refractivity contribution in [3.8, 4) is 0 Å². The summed E-state index contributed by atoms with van der Waals surface area (Å²) in [5.74, 6) is -0.480. The molecule has 0 aliphatic carbocycles. The van der Waals surface area contributed by atoms with E-state index in [2.05, 4.69) is 10.6 Å². The molecule has 136 valence electrons. The van der Waals surface area contributed by atoms with Gasteiger partial charge in [-0.15, -0.1) is 0 Å². The highest BCUT2D eigenvalue weighted by molar-refractivity contribution is 6.10. The number of carbonyl (C=O) groups excluding carboxylic acids is 3. The largest absolute Gasteiger partial charge is 0.325 e. The number of rotatable bonds is 5. The summed E-state index contributed by atoms with van der Waals surface area (Å²) in [6, 6.07) is 3.45. The minimum atomic E-state index is -0.943. The summed E-state index contributed by atoms with van der Waals surface area (Å²) in [7, 11) is 0. The molecule has 2 rings (SSSR count). The summed E-state index contributed by atoms with van der Waals surface area (Å²) in [6.45, 7) is 11.2. The van der Waals surface area contributed by atoms with E-state index in [9.17, 15) is 14.4 Å². The highest BCUT2D eigenvalue weighted by atomic mass is 16.2. The van der Waals surface area contributed by atoms with Crippen LogP contribution in [0.25, 0.3) is 0 Å². The van der Waals surface area contributed by atoms with Crippen LogP contribution >= 0.6 is 0 Å². The number of nitrogens with one attached hydrogen (secondary N) is 2. The second kappa shape index (κ2) is 6.86. The zero-order valence-electron chi connectivity index (χ0n) is 15.8. The summed E-state index contributed by atoms with van der Waals surface area (Å²) in [4.78, 5) is 38.2. The molecule has 25 heavy (non-hydrogen) atoms. The predicted molar refractivity (Wildman–Crippen MR) is 97.4 cm³/mol. The molecule has 0 unspecified atom stereocenters. The minimum absolute atomic E-state index is 0.251. The number of nitrogens with zero attached hydrogens (tertiary/aromatic N) is 1. The molecule has 0 radical (unpaired) electrons. The number of anilines is 1. The maximum absolute atomic E-state index is 12.6. The molecule has 0 spiro atoms. The van der Waals surface area contributed by atoms with Crippen LogP contribution < -0.4 is 10.6 Å². The average molecular weight is 345 g/mol. The van der Waals surface area contributed by atoms with Gasteiger partial charge in [-0.3, -0.25) is 14.5 Å². The molecule has 1 aliphatic rings. The Morgan fingerprint density at radius 2 is 1.76 bits per heavy atom. The zero-order valence-corrected chi connectivity index (χ0v) is 15.8. The summed E-state index contributed by atoms with van der Waals surface area (Å²) in [6.07, 6.45) is 0.534. The molecule has 6 heteroatoms. The van der Waals surface area contributed by atoms with Gasteiger partial charge in [0.25, 0.3) is 5.91 Å². The third kappa shape index (κ3) is 4.00. The Hall–Kier alpha value is -2.37. The van der Waals surface area contributed by atoms with E-state index in [0.29, 0.717) is 6.42 Å². The first-order valence-corrected chi connectivity index (χ1v) is 8.55. The van der Waals surface area contributed by atoms with Crippen LogP contribution in [0, 0.1) is 26.7 Å². The van der Waals surface area contributed by atoms with Crippen LogP contribution in [0.5, 0.6) is 0 Å². The van der Waals surface area contributed by atoms with E-state index < -0.39 is 11.6 Å². The molecule has 1 heterocycles. The van der Waals surface area contributed by atoms with Crippen molar-refractivity contribution in [2.24, 2.45) is 5.92 Å². The molecule has 0 bridgehead atoms. The summed E-state index contributed by atoms with van der Waals surface area (Å²) >= 11 is 0. The van der Waals surface area contributed by atoms with Crippen molar-refractivity contribution >= 4 is 23.5 Å². The Morgan fingerprint density at radius 3 is 2.28 bits per heavy atom. The summed E-state index contributed by atoms with van der Waals surface area (Å²) in [5, 5.41) is 5.55. The lowest BCUT2D eigenvalue weighted by Crippen LogP contribution is -2.45. The smallest absolute Gasteiger partial charge is 0.324 e. The predicted octanol–water partition coefficient (Wildman–Crippen LogP) is 2.91. The number of aryl methyl sites for hydroxylation is 3. The van der Waals surface area contributed by atoms with Crippen LogP contribution in [0.4, 0.5) is 10.5 Å². The monoisotopic (exact) mass is 345 g/mol. The van der Waals surface area contributed by atoms with Gasteiger partial charge in [0.15, 0.2) is 0 Å². The Morgan fingerprint density at radius 1 is 1.20 bits per heavy atom. The van der Waals surface area contributed by atoms with Gasteiger partial charge in [-0.1, -0.05) is 31.5 Å². The first-order chi connectivity index (χ1) is 11.5. The van der Waals surface area contributed by atoms with Crippen LogP contribution in [0.1, 0.15) is 43.9 Å². The molecule has 1 fully saturated rings. The number of hydrogen-bond acceptors (Lipinski definition) is 3. The highest BCUT2D eigenvalue weighted by Gasteiger charge is 2.48. The Kier molecular flexibility index (Phi) is 5.20. The first-order valence-electron chi connectivity index (χ1n) is 8.55. The van der Waals surface area contributed by atoms with Crippen LogP contribution in [0.3, 0.4) is 0 Å². The minimum Gasteiger partial charge on any atom is -0.324 e. The van der Waals surface area contributed by atoms with Crippen molar-refractivity contribution in [1.82, 2.24) is 10.2 Å². The topological polar surface area (TPSA) is 78.5 Å². The lowest BCUT2D eigenvalue weighted by Gasteiger charge is -2.23. The quantitative estimate of drug-likeness (QED) is 0.806. The molecular weight excluding hydrogens is 318 g/mol. The van der Waals surface area contributed by atoms with Crippen molar-refractivity contribution in [2.75, 3.05) is 11.9 Å². The number of benzene rings is 1. The SMILES string of the molecule is Cc1cc(C)c(NC(=O)CN2C(=O)N[C@@](C)(CC(C)C)C2=O)c(C)c1. The van der Waals surface area contributed by atoms with E-state index >= 15 is 0 Å². The third-order valence-corrected chi connectivity index (χ3v) is 4.40. The molecule has 1 aliphatic heterocycles. The number of imide groups is 1. The molecular formula is C19H27N3O3. The van der Waals surface area contributed by atoms with E-state index in [0.717, 1.165) is 27.3 Å². The van der Waals surface area contributed by atoms with Crippen LogP contribution in [0.15, 0.2) is 12.1 Å². The van der Waals surface area contributed by atoms with E-state index in [1.54, 1.807) is 6.92 Å². The van der Waals surface area contributed by atoms with Gasteiger partial charge in [-0.2, -0.15) is 0 Å². The Labute approximate surface area is 149 Å². The van der Waals surface area contributed by atoms with Gasteiger partial charge in [0.2, 0.25) is 5.91 Å². The standard InChI is InChI=1S/C19H27N3O3/c1-11(2)9-19(6)17(24)22(18(25)21-19)10-15(23)20-16-13(4)7-12(3)8-14(16)5/h7-8,11H,9-10H2,1-6H3,(H,20,23)(H,21,25)/t19-/m0/s1. The van der Waals surface area contributed by atoms with Gasteiger partial charge < -0.3 is 10.6 Å². The third-order valence-electron chi connectivity index (χ3n) is 4.40. The second-order valence-corrected chi connectivity index (χ2v) is 7.57. The maximum Gasteiger partial charge on any atom is 0.325 e. The van der Waals surface area contributed by atoms with Gasteiger partial charge in [-0.25, -0.2) is 4.79 Å². The lowest BCUT2D eigenvalue weighted by atomic mass is 9.91. The van der Waals surface area contributed by atoms with Crippen molar-refractivity contribution in [2.45, 2.75) is 53.5 Å². The normalized spacial score (nSPS) is 20.2. The van der Waals surface area contributed by atoms with Crippen molar-refractivity contribution in [3.05, 3.63) is 28.8 Å². The van der Waals surface area contributed by atoms with E-state index in [1.807, 2.05) is 46.8 Å². The number of hydrogen-bond donors (Lipinski definition) is 2.